The Morgan fingerprint density at radius 1 is 1.18 bits per heavy atom. The molecule has 0 saturated heterocycles. The second-order valence-corrected chi connectivity index (χ2v) is 9.27. The lowest BCUT2D eigenvalue weighted by Gasteiger charge is -2.16. The van der Waals surface area contributed by atoms with Crippen LogP contribution in [0.2, 0.25) is 5.02 Å². The molecule has 0 radical (unpaired) electrons. The first kappa shape index (κ1) is 26.0. The topological polar surface area (TPSA) is 95.1 Å². The maximum Gasteiger partial charge on any atom is 0.251 e. The molecule has 34 heavy (non-hydrogen) atoms. The van der Waals surface area contributed by atoms with Crippen LogP contribution in [-0.4, -0.2) is 40.2 Å². The van der Waals surface area contributed by atoms with Gasteiger partial charge in [0, 0.05) is 29.2 Å². The molecule has 2 heterocycles. The van der Waals surface area contributed by atoms with E-state index >= 15 is 0 Å². The zero-order valence-corrected chi connectivity index (χ0v) is 21.2. The Morgan fingerprint density at radius 2 is 1.94 bits per heavy atom. The van der Waals surface area contributed by atoms with Crippen molar-refractivity contribution in [3.63, 3.8) is 0 Å². The van der Waals surface area contributed by atoms with Crippen LogP contribution >= 0.6 is 11.6 Å². The number of carbonyl (C=O) groups is 1. The van der Waals surface area contributed by atoms with Gasteiger partial charge in [-0.2, -0.15) is 0 Å². The van der Waals surface area contributed by atoms with Crippen molar-refractivity contribution in [1.29, 1.82) is 0 Å². The summed E-state index contributed by atoms with van der Waals surface area (Å²) in [6, 6.07) is 6.81. The number of pyridine rings is 1. The number of imidazole rings is 1. The van der Waals surface area contributed by atoms with Crippen LogP contribution in [0.25, 0.3) is 11.0 Å². The van der Waals surface area contributed by atoms with E-state index in [2.05, 4.69) is 35.6 Å². The third kappa shape index (κ3) is 6.70. The highest BCUT2D eigenvalue weighted by atomic mass is 35.5. The largest absolute Gasteiger partial charge is 0.382 e. The van der Waals surface area contributed by atoms with Crippen LogP contribution in [0, 0.1) is 0 Å². The summed E-state index contributed by atoms with van der Waals surface area (Å²) >= 11 is 5.87. The normalized spacial score (nSPS) is 11.4. The van der Waals surface area contributed by atoms with E-state index in [4.69, 9.17) is 27.1 Å². The number of benzene rings is 1. The summed E-state index contributed by atoms with van der Waals surface area (Å²) < 4.78 is 7.92. The minimum absolute atomic E-state index is 0.141. The maximum absolute atomic E-state index is 12.2. The van der Waals surface area contributed by atoms with Crippen molar-refractivity contribution < 1.29 is 9.53 Å². The molecule has 3 N–H and O–H groups in total. The van der Waals surface area contributed by atoms with Gasteiger partial charge in [0.05, 0.1) is 30.8 Å². The molecule has 0 bridgehead atoms. The SMILES string of the molecule is CCCCCCc1c(C(C)C)nc(N)c2ncn(CCOCCNC(=O)c3ccc(Cl)cc3)c12. The molecule has 0 spiro atoms. The fraction of sp³-hybridized carbons (Fsp3) is 0.500. The van der Waals surface area contributed by atoms with E-state index in [1.54, 1.807) is 24.3 Å². The highest BCUT2D eigenvalue weighted by Crippen LogP contribution is 2.30. The molecule has 0 aliphatic carbocycles. The summed E-state index contributed by atoms with van der Waals surface area (Å²) in [5.74, 6) is 0.634. The summed E-state index contributed by atoms with van der Waals surface area (Å²) in [6.45, 7) is 8.57. The number of rotatable bonds is 13. The van der Waals surface area contributed by atoms with Gasteiger partial charge in [-0.05, 0) is 43.0 Å². The smallest absolute Gasteiger partial charge is 0.251 e. The van der Waals surface area contributed by atoms with Crippen LogP contribution in [0.3, 0.4) is 0 Å². The van der Waals surface area contributed by atoms with Crippen LogP contribution in [-0.2, 0) is 17.7 Å². The molecule has 0 saturated carbocycles. The predicted octanol–water partition coefficient (Wildman–Crippen LogP) is 5.36. The van der Waals surface area contributed by atoms with Crippen molar-refractivity contribution in [2.75, 3.05) is 25.5 Å². The summed E-state index contributed by atoms with van der Waals surface area (Å²) in [6.07, 6.45) is 7.59. The lowest BCUT2D eigenvalue weighted by Crippen LogP contribution is -2.27. The molecule has 0 aliphatic rings. The number of nitrogens with one attached hydrogen (secondary N) is 1. The van der Waals surface area contributed by atoms with Crippen LogP contribution in [0.5, 0.6) is 0 Å². The molecule has 184 valence electrons. The Bertz CT molecular complexity index is 1080. The number of amides is 1. The molecule has 0 aliphatic heterocycles. The maximum atomic E-state index is 12.2. The minimum atomic E-state index is -0.141. The van der Waals surface area contributed by atoms with E-state index < -0.39 is 0 Å². The molecule has 3 aromatic rings. The van der Waals surface area contributed by atoms with E-state index in [0.717, 1.165) is 29.6 Å². The molecule has 8 heteroatoms. The number of nitrogens with zero attached hydrogens (tertiary/aromatic N) is 3. The Balaban J connectivity index is 1.59. The van der Waals surface area contributed by atoms with E-state index in [1.165, 1.54) is 24.8 Å². The number of fused-ring (bicyclic) bond motifs is 1. The van der Waals surface area contributed by atoms with Crippen LogP contribution in [0.15, 0.2) is 30.6 Å². The number of anilines is 1. The minimum Gasteiger partial charge on any atom is -0.382 e. The average molecular weight is 486 g/mol. The highest BCUT2D eigenvalue weighted by Gasteiger charge is 2.19. The van der Waals surface area contributed by atoms with E-state index in [9.17, 15) is 4.79 Å². The molecule has 1 amide bonds. The molecule has 0 atom stereocenters. The second kappa shape index (κ2) is 12.7. The number of hydrogen-bond acceptors (Lipinski definition) is 5. The number of aryl methyl sites for hydroxylation is 1. The van der Waals surface area contributed by atoms with Gasteiger partial charge in [0.25, 0.3) is 5.91 Å². The van der Waals surface area contributed by atoms with E-state index in [-0.39, 0.29) is 11.8 Å². The van der Waals surface area contributed by atoms with Gasteiger partial charge >= 0.3 is 0 Å². The molecule has 2 aromatic heterocycles. The number of nitrogens with two attached hydrogens (primary N) is 1. The third-order valence-corrected chi connectivity index (χ3v) is 6.11. The van der Waals surface area contributed by atoms with Gasteiger partial charge < -0.3 is 20.4 Å². The fourth-order valence-corrected chi connectivity index (χ4v) is 4.21. The number of nitrogen functional groups attached to an aromatic ring is 1. The number of halogens is 1. The van der Waals surface area contributed by atoms with Gasteiger partial charge in [-0.3, -0.25) is 4.79 Å². The lowest BCUT2D eigenvalue weighted by atomic mass is 9.97. The molecular weight excluding hydrogens is 450 g/mol. The lowest BCUT2D eigenvalue weighted by molar-refractivity contribution is 0.0909. The van der Waals surface area contributed by atoms with Crippen molar-refractivity contribution in [3.8, 4) is 0 Å². The van der Waals surface area contributed by atoms with Gasteiger partial charge in [0.2, 0.25) is 0 Å². The monoisotopic (exact) mass is 485 g/mol. The van der Waals surface area contributed by atoms with Crippen LogP contribution in [0.4, 0.5) is 5.82 Å². The zero-order valence-electron chi connectivity index (χ0n) is 20.4. The Kier molecular flexibility index (Phi) is 9.72. The predicted molar refractivity (Wildman–Crippen MR) is 138 cm³/mol. The summed E-state index contributed by atoms with van der Waals surface area (Å²) in [7, 11) is 0. The molecule has 7 nitrogen and oxygen atoms in total. The van der Waals surface area contributed by atoms with Crippen molar-refractivity contribution in [3.05, 3.63) is 52.4 Å². The van der Waals surface area contributed by atoms with Crippen molar-refractivity contribution >= 4 is 34.4 Å². The van der Waals surface area contributed by atoms with Gasteiger partial charge in [-0.25, -0.2) is 9.97 Å². The first-order valence-corrected chi connectivity index (χ1v) is 12.5. The average Bonchev–Trinajstić information content (AvgIpc) is 3.25. The second-order valence-electron chi connectivity index (χ2n) is 8.84. The van der Waals surface area contributed by atoms with Crippen molar-refractivity contribution in [2.24, 2.45) is 0 Å². The summed E-state index contributed by atoms with van der Waals surface area (Å²) in [5.41, 5.74) is 11.0. The Labute approximate surface area is 207 Å². The van der Waals surface area contributed by atoms with E-state index in [0.29, 0.717) is 42.7 Å². The van der Waals surface area contributed by atoms with Crippen molar-refractivity contribution in [2.45, 2.75) is 65.3 Å². The number of hydrogen-bond donors (Lipinski definition) is 2. The molecule has 0 fully saturated rings. The van der Waals surface area contributed by atoms with E-state index in [1.807, 2.05) is 6.33 Å². The zero-order chi connectivity index (χ0) is 24.5. The molecule has 1 aromatic carbocycles. The molecule has 3 rings (SSSR count). The highest BCUT2D eigenvalue weighted by molar-refractivity contribution is 6.30. The molecular formula is C26H36ClN5O2. The standard InChI is InChI=1S/C26H36ClN5O2/c1-4-5-6-7-8-21-22(18(2)3)31-25(28)23-24(21)32(17-30-23)14-16-34-15-13-29-26(33)19-9-11-20(27)12-10-19/h9-12,17-18H,4-8,13-16H2,1-3H3,(H2,28,31)(H,29,33). The van der Waals surface area contributed by atoms with Gasteiger partial charge in [-0.1, -0.05) is 51.6 Å². The number of carbonyl (C=O) groups excluding carboxylic acids is 1. The van der Waals surface area contributed by atoms with Crippen LogP contribution < -0.4 is 11.1 Å². The third-order valence-electron chi connectivity index (χ3n) is 5.86. The molecule has 0 unspecified atom stereocenters. The Hall–Kier alpha value is -2.64. The quantitative estimate of drug-likeness (QED) is 0.318. The summed E-state index contributed by atoms with van der Waals surface area (Å²) in [4.78, 5) is 21.4. The Morgan fingerprint density at radius 3 is 2.65 bits per heavy atom. The van der Waals surface area contributed by atoms with Crippen molar-refractivity contribution in [1.82, 2.24) is 19.9 Å². The van der Waals surface area contributed by atoms with Gasteiger partial charge in [0.15, 0.2) is 5.82 Å². The first-order valence-electron chi connectivity index (χ1n) is 12.2. The number of aromatic nitrogens is 3. The number of unbranched alkanes of at least 4 members (excludes halogenated alkanes) is 3. The van der Waals surface area contributed by atoms with Crippen LogP contribution in [0.1, 0.15) is 74.0 Å². The first-order chi connectivity index (χ1) is 16.4. The fourth-order valence-electron chi connectivity index (χ4n) is 4.08. The summed E-state index contributed by atoms with van der Waals surface area (Å²) in [5, 5.41) is 3.47. The van der Waals surface area contributed by atoms with Gasteiger partial charge in [-0.15, -0.1) is 0 Å². The van der Waals surface area contributed by atoms with Gasteiger partial charge in [0.1, 0.15) is 5.52 Å². The number of ether oxygens (including phenoxy) is 1.